The molecule has 1 heterocycles. The fourth-order valence-electron chi connectivity index (χ4n) is 0.869. The highest BCUT2D eigenvalue weighted by molar-refractivity contribution is 9.10. The molecular weight excluding hydrogens is 265 g/mol. The third kappa shape index (κ3) is 2.28. The molecule has 0 fully saturated rings. The predicted octanol–water partition coefficient (Wildman–Crippen LogP) is 3.10. The van der Waals surface area contributed by atoms with Gasteiger partial charge in [-0.2, -0.15) is 0 Å². The summed E-state index contributed by atoms with van der Waals surface area (Å²) in [5.74, 6) is 0.168. The van der Waals surface area contributed by atoms with Gasteiger partial charge in [0, 0.05) is 10.4 Å². The molecule has 6 heteroatoms. The van der Waals surface area contributed by atoms with E-state index in [1.165, 1.54) is 6.07 Å². The van der Waals surface area contributed by atoms with Crippen LogP contribution in [0.3, 0.4) is 0 Å². The fraction of sp³-hybridized carbons (Fsp3) is 0.286. The Bertz CT molecular complexity index is 320. The Balaban J connectivity index is 3.27. The van der Waals surface area contributed by atoms with E-state index in [0.29, 0.717) is 5.56 Å². The number of alkyl halides is 3. The van der Waals surface area contributed by atoms with Gasteiger partial charge in [-0.25, -0.2) is 13.8 Å². The van der Waals surface area contributed by atoms with E-state index in [4.69, 9.17) is 17.3 Å². The second-order valence-electron chi connectivity index (χ2n) is 2.34. The molecule has 1 aromatic heterocycles. The van der Waals surface area contributed by atoms with E-state index in [9.17, 15) is 8.78 Å². The van der Waals surface area contributed by atoms with Crippen molar-refractivity contribution in [2.24, 2.45) is 0 Å². The van der Waals surface area contributed by atoms with Crippen LogP contribution in [0.15, 0.2) is 10.5 Å². The van der Waals surface area contributed by atoms with E-state index in [1.54, 1.807) is 0 Å². The lowest BCUT2D eigenvalue weighted by atomic mass is 10.2. The predicted molar refractivity (Wildman–Crippen MR) is 50.9 cm³/mol. The van der Waals surface area contributed by atoms with E-state index in [1.807, 2.05) is 0 Å². The Morgan fingerprint density at radius 1 is 1.62 bits per heavy atom. The molecule has 13 heavy (non-hydrogen) atoms. The first-order valence-corrected chi connectivity index (χ1v) is 4.68. The Morgan fingerprint density at radius 3 is 2.69 bits per heavy atom. The minimum Gasteiger partial charge on any atom is -0.384 e. The Morgan fingerprint density at radius 2 is 2.23 bits per heavy atom. The molecule has 0 unspecified atom stereocenters. The van der Waals surface area contributed by atoms with Gasteiger partial charge in [0.2, 0.25) is 0 Å². The summed E-state index contributed by atoms with van der Waals surface area (Å²) in [5.41, 5.74) is 5.47. The molecule has 1 aromatic rings. The number of anilines is 1. The van der Waals surface area contributed by atoms with Crippen molar-refractivity contribution in [3.63, 3.8) is 0 Å². The summed E-state index contributed by atoms with van der Waals surface area (Å²) in [6.45, 7) is 0. The van der Waals surface area contributed by atoms with Crippen molar-refractivity contribution in [3.05, 3.63) is 21.8 Å². The molecule has 0 spiro atoms. The monoisotopic (exact) mass is 270 g/mol. The minimum absolute atomic E-state index is 0.0501. The number of nitrogens with zero attached hydrogens (tertiary/aromatic N) is 1. The number of hydrogen-bond donors (Lipinski definition) is 1. The van der Waals surface area contributed by atoms with Crippen molar-refractivity contribution in [2.75, 3.05) is 5.73 Å². The summed E-state index contributed by atoms with van der Waals surface area (Å²) in [6.07, 6.45) is -2.65. The lowest BCUT2D eigenvalue weighted by Gasteiger charge is -2.07. The zero-order chi connectivity index (χ0) is 10.0. The van der Waals surface area contributed by atoms with Gasteiger partial charge in [-0.05, 0) is 27.6 Å². The summed E-state index contributed by atoms with van der Waals surface area (Å²) in [6, 6.07) is 1.46. The van der Waals surface area contributed by atoms with E-state index in [2.05, 4.69) is 20.9 Å². The van der Waals surface area contributed by atoms with Gasteiger partial charge in [0.25, 0.3) is 6.43 Å². The van der Waals surface area contributed by atoms with Crippen molar-refractivity contribution in [1.29, 1.82) is 0 Å². The second kappa shape index (κ2) is 4.19. The fourth-order valence-corrected chi connectivity index (χ4v) is 1.76. The molecule has 0 saturated heterocycles. The molecule has 2 N–H and O–H groups in total. The van der Waals surface area contributed by atoms with Gasteiger partial charge in [-0.1, -0.05) is 0 Å². The molecule has 72 valence electrons. The molecule has 1 rings (SSSR count). The van der Waals surface area contributed by atoms with Gasteiger partial charge >= 0.3 is 0 Å². The lowest BCUT2D eigenvalue weighted by molar-refractivity contribution is 0.145. The topological polar surface area (TPSA) is 38.9 Å². The van der Waals surface area contributed by atoms with Crippen LogP contribution in [0.1, 0.15) is 17.7 Å². The Labute approximate surface area is 87.2 Å². The van der Waals surface area contributed by atoms with Crippen LogP contribution in [-0.4, -0.2) is 4.98 Å². The quantitative estimate of drug-likeness (QED) is 0.840. The second-order valence-corrected chi connectivity index (χ2v) is 3.40. The van der Waals surface area contributed by atoms with Crippen molar-refractivity contribution in [1.82, 2.24) is 4.98 Å². The normalized spacial score (nSPS) is 10.8. The molecule has 0 saturated carbocycles. The van der Waals surface area contributed by atoms with Crippen LogP contribution in [0, 0.1) is 0 Å². The van der Waals surface area contributed by atoms with Crippen molar-refractivity contribution in [2.45, 2.75) is 12.3 Å². The van der Waals surface area contributed by atoms with E-state index < -0.39 is 6.43 Å². The van der Waals surface area contributed by atoms with Crippen LogP contribution >= 0.6 is 27.5 Å². The van der Waals surface area contributed by atoms with Crippen molar-refractivity contribution < 1.29 is 8.78 Å². The van der Waals surface area contributed by atoms with Crippen molar-refractivity contribution >= 4 is 33.3 Å². The van der Waals surface area contributed by atoms with Crippen LogP contribution in [-0.2, 0) is 5.88 Å². The SMILES string of the molecule is Nc1cc(CCl)c(Br)c(C(F)F)n1. The highest BCUT2D eigenvalue weighted by Crippen LogP contribution is 2.30. The van der Waals surface area contributed by atoms with Crippen LogP contribution < -0.4 is 5.73 Å². The average molecular weight is 271 g/mol. The zero-order valence-corrected chi connectivity index (χ0v) is 8.74. The van der Waals surface area contributed by atoms with Gasteiger partial charge in [-0.15, -0.1) is 11.6 Å². The third-order valence-corrected chi connectivity index (χ3v) is 2.63. The Kier molecular flexibility index (Phi) is 3.44. The first-order chi connectivity index (χ1) is 6.06. The molecule has 0 aliphatic rings. The number of hydrogen-bond acceptors (Lipinski definition) is 2. The minimum atomic E-state index is -2.65. The average Bonchev–Trinajstić information content (AvgIpc) is 2.08. The van der Waals surface area contributed by atoms with Gasteiger partial charge < -0.3 is 5.73 Å². The third-order valence-electron chi connectivity index (χ3n) is 1.43. The van der Waals surface area contributed by atoms with E-state index in [0.717, 1.165) is 0 Å². The first-order valence-electron chi connectivity index (χ1n) is 3.35. The summed E-state index contributed by atoms with van der Waals surface area (Å²) < 4.78 is 24.9. The number of nitrogens with two attached hydrogens (primary N) is 1. The lowest BCUT2D eigenvalue weighted by Crippen LogP contribution is -2.00. The molecule has 0 radical (unpaired) electrons. The molecule has 0 aliphatic heterocycles. The maximum atomic E-state index is 12.3. The molecule has 2 nitrogen and oxygen atoms in total. The standard InChI is InChI=1S/C7H6BrClF2N2/c8-5-3(2-9)1-4(12)13-6(5)7(10)11/h1,7H,2H2,(H2,12,13). The van der Waals surface area contributed by atoms with Crippen molar-refractivity contribution in [3.8, 4) is 0 Å². The van der Waals surface area contributed by atoms with Crippen LogP contribution in [0.4, 0.5) is 14.6 Å². The summed E-state index contributed by atoms with van der Waals surface area (Å²) >= 11 is 8.52. The van der Waals surface area contributed by atoms with Crippen LogP contribution in [0.2, 0.25) is 0 Å². The number of rotatable bonds is 2. The molecular formula is C7H6BrClF2N2. The zero-order valence-electron chi connectivity index (χ0n) is 6.40. The maximum Gasteiger partial charge on any atom is 0.281 e. The van der Waals surface area contributed by atoms with Crippen LogP contribution in [0.5, 0.6) is 0 Å². The highest BCUT2D eigenvalue weighted by Gasteiger charge is 2.16. The molecule has 0 aromatic carbocycles. The molecule has 0 bridgehead atoms. The number of aromatic nitrogens is 1. The molecule has 0 amide bonds. The maximum absolute atomic E-state index is 12.3. The van der Waals surface area contributed by atoms with Gasteiger partial charge in [-0.3, -0.25) is 0 Å². The van der Waals surface area contributed by atoms with E-state index >= 15 is 0 Å². The number of pyridine rings is 1. The van der Waals surface area contributed by atoms with Gasteiger partial charge in [0.15, 0.2) is 0 Å². The van der Waals surface area contributed by atoms with Gasteiger partial charge in [0.1, 0.15) is 11.5 Å². The summed E-state index contributed by atoms with van der Waals surface area (Å²) in [5, 5.41) is 0. The largest absolute Gasteiger partial charge is 0.384 e. The number of halogens is 4. The molecule has 0 aliphatic carbocycles. The summed E-state index contributed by atoms with van der Waals surface area (Å²) in [7, 11) is 0. The van der Waals surface area contributed by atoms with E-state index in [-0.39, 0.29) is 21.9 Å². The highest BCUT2D eigenvalue weighted by atomic mass is 79.9. The van der Waals surface area contributed by atoms with Crippen LogP contribution in [0.25, 0.3) is 0 Å². The number of nitrogen functional groups attached to an aromatic ring is 1. The summed E-state index contributed by atoms with van der Waals surface area (Å²) in [4.78, 5) is 3.50. The van der Waals surface area contributed by atoms with Gasteiger partial charge in [0.05, 0.1) is 0 Å². The molecule has 0 atom stereocenters. The first kappa shape index (κ1) is 10.7. The Hall–Kier alpha value is -0.420. The smallest absolute Gasteiger partial charge is 0.281 e.